The highest BCUT2D eigenvalue weighted by atomic mass is 16.5. The van der Waals surface area contributed by atoms with Gasteiger partial charge in [-0.2, -0.15) is 9.97 Å². The largest absolute Gasteiger partial charge is 0.357 e. The number of anilines is 3. The molecule has 5 rings (SSSR count). The first-order valence-corrected chi connectivity index (χ1v) is 9.68. The molecular formula is C20H21N7O2. The molecule has 9 nitrogen and oxygen atoms in total. The number of aryl methyl sites for hydroxylation is 1. The number of nitrogens with zero attached hydrogens (tertiary/aromatic N) is 6. The molecule has 0 bridgehead atoms. The third-order valence-electron chi connectivity index (χ3n) is 5.44. The predicted molar refractivity (Wildman–Crippen MR) is 108 cm³/mol. The molecule has 1 amide bonds. The van der Waals surface area contributed by atoms with Crippen molar-refractivity contribution in [3.8, 4) is 11.5 Å². The maximum absolute atomic E-state index is 13.5. The summed E-state index contributed by atoms with van der Waals surface area (Å²) in [5, 5.41) is 6.82. The molecule has 2 aromatic heterocycles. The lowest BCUT2D eigenvalue weighted by molar-refractivity contribution is 0.0988. The monoisotopic (exact) mass is 391 g/mol. The van der Waals surface area contributed by atoms with Gasteiger partial charge in [-0.15, -0.1) is 0 Å². The van der Waals surface area contributed by atoms with Crippen molar-refractivity contribution in [2.75, 3.05) is 35.3 Å². The van der Waals surface area contributed by atoms with Crippen molar-refractivity contribution >= 4 is 23.4 Å². The lowest BCUT2D eigenvalue weighted by Gasteiger charge is -2.27. The van der Waals surface area contributed by atoms with Crippen LogP contribution in [0.3, 0.4) is 0 Å². The molecule has 1 N–H and O–H groups in total. The van der Waals surface area contributed by atoms with E-state index in [1.165, 1.54) is 0 Å². The number of aromatic nitrogens is 4. The predicted octanol–water partition coefficient (Wildman–Crippen LogP) is 2.51. The van der Waals surface area contributed by atoms with Crippen LogP contribution in [-0.2, 0) is 0 Å². The summed E-state index contributed by atoms with van der Waals surface area (Å²) in [4.78, 5) is 30.7. The number of hydrogen-bond donors (Lipinski definition) is 1. The summed E-state index contributed by atoms with van der Waals surface area (Å²) in [6.07, 6.45) is 3.71. The summed E-state index contributed by atoms with van der Waals surface area (Å²) in [5.41, 5.74) is 2.10. The minimum Gasteiger partial charge on any atom is -0.357 e. The molecule has 1 unspecified atom stereocenters. The Labute approximate surface area is 167 Å². The first kappa shape index (κ1) is 17.6. The normalized spacial score (nSPS) is 18.4. The quantitative estimate of drug-likeness (QED) is 0.727. The van der Waals surface area contributed by atoms with Crippen molar-refractivity contribution in [1.29, 1.82) is 0 Å². The minimum absolute atomic E-state index is 0.101. The van der Waals surface area contributed by atoms with Crippen molar-refractivity contribution in [2.45, 2.75) is 25.8 Å². The van der Waals surface area contributed by atoms with Gasteiger partial charge in [0.2, 0.25) is 5.95 Å². The van der Waals surface area contributed by atoms with E-state index in [-0.39, 0.29) is 11.9 Å². The highest BCUT2D eigenvalue weighted by molar-refractivity contribution is 6.10. The Bertz CT molecular complexity index is 1080. The van der Waals surface area contributed by atoms with Crippen LogP contribution in [0.25, 0.3) is 11.5 Å². The third kappa shape index (κ3) is 2.98. The van der Waals surface area contributed by atoms with Gasteiger partial charge in [0.15, 0.2) is 5.82 Å². The molecule has 1 saturated heterocycles. The summed E-state index contributed by atoms with van der Waals surface area (Å²) < 4.78 is 5.30. The van der Waals surface area contributed by atoms with Crippen LogP contribution in [0.5, 0.6) is 0 Å². The molecule has 0 aliphatic carbocycles. The number of carbonyl (C=O) groups is 1. The topological polar surface area (TPSA) is 100 Å². The fourth-order valence-electron chi connectivity index (χ4n) is 4.05. The van der Waals surface area contributed by atoms with E-state index < -0.39 is 0 Å². The Kier molecular flexibility index (Phi) is 4.15. The first-order valence-electron chi connectivity index (χ1n) is 9.68. The molecule has 1 aromatic carbocycles. The van der Waals surface area contributed by atoms with Crippen LogP contribution in [0.4, 0.5) is 17.5 Å². The summed E-state index contributed by atoms with van der Waals surface area (Å²) in [6.45, 7) is 3.26. The lowest BCUT2D eigenvalue weighted by atomic mass is 10.1. The van der Waals surface area contributed by atoms with Crippen LogP contribution in [0, 0.1) is 6.92 Å². The van der Waals surface area contributed by atoms with E-state index >= 15 is 0 Å². The molecule has 0 spiro atoms. The number of hydrogen-bond acceptors (Lipinski definition) is 8. The SMILES string of the molecule is CNc1ncc2c(n1)N1CCCC1CN(c1cccc(-c3nc(C)no3)c1)C2=O. The van der Waals surface area contributed by atoms with E-state index in [9.17, 15) is 4.79 Å². The Morgan fingerprint density at radius 3 is 2.97 bits per heavy atom. The standard InChI is InChI=1S/C20H21N7O2/c1-12-23-18(29-25-12)13-5-3-6-14(9-13)27-11-15-7-4-8-26(15)17-16(19(27)28)10-22-20(21-2)24-17/h3,5-6,9-10,15H,4,7-8,11H2,1-2H3,(H,21,22,24). The van der Waals surface area contributed by atoms with Crippen molar-refractivity contribution in [2.24, 2.45) is 0 Å². The van der Waals surface area contributed by atoms with E-state index in [2.05, 4.69) is 30.3 Å². The van der Waals surface area contributed by atoms with Crippen molar-refractivity contribution < 1.29 is 9.32 Å². The second-order valence-electron chi connectivity index (χ2n) is 7.28. The summed E-state index contributed by atoms with van der Waals surface area (Å²) in [5.74, 6) is 2.14. The van der Waals surface area contributed by atoms with Crippen molar-refractivity contribution in [3.63, 3.8) is 0 Å². The highest BCUT2D eigenvalue weighted by Gasteiger charge is 2.37. The summed E-state index contributed by atoms with van der Waals surface area (Å²) in [6, 6.07) is 7.86. The van der Waals surface area contributed by atoms with Crippen LogP contribution in [0.1, 0.15) is 29.0 Å². The molecule has 2 aliphatic heterocycles. The van der Waals surface area contributed by atoms with Gasteiger partial charge >= 0.3 is 0 Å². The fraction of sp³-hybridized carbons (Fsp3) is 0.350. The smallest absolute Gasteiger partial charge is 0.263 e. The van der Waals surface area contributed by atoms with Gasteiger partial charge in [-0.3, -0.25) is 4.79 Å². The van der Waals surface area contributed by atoms with E-state index in [1.807, 2.05) is 29.2 Å². The lowest BCUT2D eigenvalue weighted by Crippen LogP contribution is -2.39. The first-order chi connectivity index (χ1) is 14.1. The van der Waals surface area contributed by atoms with Gasteiger partial charge in [0.25, 0.3) is 11.8 Å². The molecular weight excluding hydrogens is 370 g/mol. The molecule has 2 aliphatic rings. The van der Waals surface area contributed by atoms with Crippen LogP contribution < -0.4 is 15.1 Å². The number of amides is 1. The van der Waals surface area contributed by atoms with Crippen LogP contribution in [-0.4, -0.2) is 52.2 Å². The van der Waals surface area contributed by atoms with E-state index in [4.69, 9.17) is 4.52 Å². The molecule has 4 heterocycles. The number of rotatable bonds is 3. The highest BCUT2D eigenvalue weighted by Crippen LogP contribution is 2.34. The van der Waals surface area contributed by atoms with Crippen molar-refractivity contribution in [3.05, 3.63) is 41.9 Å². The molecule has 148 valence electrons. The number of nitrogens with one attached hydrogen (secondary N) is 1. The Morgan fingerprint density at radius 1 is 1.28 bits per heavy atom. The second kappa shape index (κ2) is 6.84. The van der Waals surface area contributed by atoms with Crippen LogP contribution in [0.15, 0.2) is 35.0 Å². The molecule has 1 atom stereocenters. The van der Waals surface area contributed by atoms with Gasteiger partial charge in [-0.25, -0.2) is 4.98 Å². The maximum atomic E-state index is 13.5. The number of carbonyl (C=O) groups excluding carboxylic acids is 1. The molecule has 29 heavy (non-hydrogen) atoms. The van der Waals surface area contributed by atoms with Gasteiger partial charge < -0.3 is 19.6 Å². The Hall–Kier alpha value is -3.49. The summed E-state index contributed by atoms with van der Waals surface area (Å²) in [7, 11) is 1.78. The van der Waals surface area contributed by atoms with E-state index in [0.29, 0.717) is 35.6 Å². The molecule has 1 fully saturated rings. The number of fused-ring (bicyclic) bond motifs is 3. The van der Waals surface area contributed by atoms with Gasteiger partial charge in [-0.05, 0) is 38.0 Å². The Balaban J connectivity index is 1.58. The van der Waals surface area contributed by atoms with E-state index in [1.54, 1.807) is 20.2 Å². The zero-order valence-corrected chi connectivity index (χ0v) is 16.3. The van der Waals surface area contributed by atoms with E-state index in [0.717, 1.165) is 30.6 Å². The van der Waals surface area contributed by atoms with Crippen LogP contribution >= 0.6 is 0 Å². The van der Waals surface area contributed by atoms with Gasteiger partial charge in [0, 0.05) is 43.6 Å². The van der Waals surface area contributed by atoms with Crippen molar-refractivity contribution in [1.82, 2.24) is 20.1 Å². The second-order valence-corrected chi connectivity index (χ2v) is 7.28. The summed E-state index contributed by atoms with van der Waals surface area (Å²) >= 11 is 0. The molecule has 9 heteroatoms. The fourth-order valence-corrected chi connectivity index (χ4v) is 4.05. The molecule has 0 radical (unpaired) electrons. The van der Waals surface area contributed by atoms with Gasteiger partial charge in [-0.1, -0.05) is 11.2 Å². The number of benzene rings is 1. The molecule has 3 aromatic rings. The van der Waals surface area contributed by atoms with Crippen LogP contribution in [0.2, 0.25) is 0 Å². The average molecular weight is 391 g/mol. The third-order valence-corrected chi connectivity index (χ3v) is 5.44. The maximum Gasteiger partial charge on any atom is 0.263 e. The zero-order chi connectivity index (χ0) is 20.0. The zero-order valence-electron chi connectivity index (χ0n) is 16.3. The van der Waals surface area contributed by atoms with Gasteiger partial charge in [0.1, 0.15) is 11.4 Å². The average Bonchev–Trinajstić information content (AvgIpc) is 3.37. The Morgan fingerprint density at radius 2 is 2.17 bits per heavy atom. The van der Waals surface area contributed by atoms with Gasteiger partial charge in [0.05, 0.1) is 0 Å². The minimum atomic E-state index is -0.101. The molecule has 0 saturated carbocycles.